The van der Waals surface area contributed by atoms with Crippen molar-refractivity contribution < 1.29 is 8.78 Å². The van der Waals surface area contributed by atoms with Crippen molar-refractivity contribution in [2.45, 2.75) is 5.92 Å². The molecular weight excluding hydrogens is 277 g/mol. The van der Waals surface area contributed by atoms with Crippen LogP contribution >= 0.6 is 27.5 Å². The summed E-state index contributed by atoms with van der Waals surface area (Å²) in [5.74, 6) is -2.18. The molecule has 0 spiro atoms. The van der Waals surface area contributed by atoms with Gasteiger partial charge in [-0.3, -0.25) is 0 Å². The second-order valence-electron chi connectivity index (χ2n) is 3.17. The molecule has 1 aliphatic rings. The normalized spacial score (nSPS) is 19.3. The minimum absolute atomic E-state index is 0.304. The predicted molar refractivity (Wildman–Crippen MR) is 54.1 cm³/mol. The Kier molecular flexibility index (Phi) is 2.39. The van der Waals surface area contributed by atoms with Gasteiger partial charge in [-0.25, -0.2) is 13.8 Å². The number of anilines is 1. The van der Waals surface area contributed by atoms with E-state index in [1.165, 1.54) is 11.1 Å². The van der Waals surface area contributed by atoms with E-state index in [9.17, 15) is 8.78 Å². The average Bonchev–Trinajstić information content (AvgIpc) is 2.00. The Morgan fingerprint density at radius 2 is 2.14 bits per heavy atom. The standard InChI is InChI=1S/C8H6BrClF2N2/c9-5-1-6(10)7(13-2-5)14-3-8(11,12)4-14/h1-2H,3-4H2. The van der Waals surface area contributed by atoms with Crippen molar-refractivity contribution >= 4 is 33.3 Å². The van der Waals surface area contributed by atoms with Crippen LogP contribution in [0.15, 0.2) is 16.7 Å². The SMILES string of the molecule is FC1(F)CN(c2ncc(Br)cc2Cl)C1. The van der Waals surface area contributed by atoms with Crippen molar-refractivity contribution in [2.75, 3.05) is 18.0 Å². The summed E-state index contributed by atoms with van der Waals surface area (Å²) in [5, 5.41) is 0.384. The largest absolute Gasteiger partial charge is 0.343 e. The number of rotatable bonds is 1. The van der Waals surface area contributed by atoms with E-state index < -0.39 is 5.92 Å². The Hall–Kier alpha value is -0.420. The van der Waals surface area contributed by atoms with Crippen LogP contribution in [0.25, 0.3) is 0 Å². The van der Waals surface area contributed by atoms with Gasteiger partial charge in [0.05, 0.1) is 18.1 Å². The van der Waals surface area contributed by atoms with Gasteiger partial charge in [-0.2, -0.15) is 0 Å². The first-order chi connectivity index (χ1) is 6.48. The topological polar surface area (TPSA) is 16.1 Å². The molecule has 0 aromatic carbocycles. The van der Waals surface area contributed by atoms with Gasteiger partial charge in [0.1, 0.15) is 5.82 Å². The summed E-state index contributed by atoms with van der Waals surface area (Å²) in [4.78, 5) is 5.43. The van der Waals surface area contributed by atoms with Crippen molar-refractivity contribution in [1.29, 1.82) is 0 Å². The summed E-state index contributed by atoms with van der Waals surface area (Å²) in [6, 6.07) is 1.64. The van der Waals surface area contributed by atoms with Gasteiger partial charge in [0, 0.05) is 10.7 Å². The summed E-state index contributed by atoms with van der Waals surface area (Å²) in [6.45, 7) is -0.608. The highest BCUT2D eigenvalue weighted by Crippen LogP contribution is 2.35. The fourth-order valence-electron chi connectivity index (χ4n) is 1.30. The predicted octanol–water partition coefficient (Wildman–Crippen LogP) is 2.95. The molecule has 76 valence electrons. The molecule has 6 heteroatoms. The Morgan fingerprint density at radius 1 is 1.50 bits per heavy atom. The highest BCUT2D eigenvalue weighted by molar-refractivity contribution is 9.10. The summed E-state index contributed by atoms with van der Waals surface area (Å²) in [7, 11) is 0. The Balaban J connectivity index is 2.19. The first-order valence-electron chi connectivity index (χ1n) is 3.92. The molecule has 0 N–H and O–H groups in total. The zero-order valence-corrected chi connectivity index (χ0v) is 9.32. The Labute approximate surface area is 93.0 Å². The van der Waals surface area contributed by atoms with Crippen molar-refractivity contribution in [3.8, 4) is 0 Å². The van der Waals surface area contributed by atoms with E-state index >= 15 is 0 Å². The maximum atomic E-state index is 12.6. The first kappa shape index (κ1) is 10.1. The van der Waals surface area contributed by atoms with Gasteiger partial charge >= 0.3 is 0 Å². The van der Waals surface area contributed by atoms with Crippen LogP contribution in [0.2, 0.25) is 5.02 Å². The lowest BCUT2D eigenvalue weighted by molar-refractivity contribution is -0.0266. The summed E-state index contributed by atoms with van der Waals surface area (Å²) in [5.41, 5.74) is 0. The Morgan fingerprint density at radius 3 is 2.64 bits per heavy atom. The number of hydrogen-bond acceptors (Lipinski definition) is 2. The molecule has 1 aliphatic heterocycles. The molecule has 1 aromatic rings. The van der Waals surface area contributed by atoms with Crippen LogP contribution in [-0.4, -0.2) is 24.0 Å². The molecule has 0 unspecified atom stereocenters. The quantitative estimate of drug-likeness (QED) is 0.788. The van der Waals surface area contributed by atoms with Gasteiger partial charge in [-0.15, -0.1) is 0 Å². The molecule has 0 bridgehead atoms. The smallest absolute Gasteiger partial charge is 0.282 e. The zero-order valence-electron chi connectivity index (χ0n) is 6.98. The second-order valence-corrected chi connectivity index (χ2v) is 4.49. The van der Waals surface area contributed by atoms with E-state index in [1.54, 1.807) is 6.07 Å². The molecular formula is C8H6BrClF2N2. The molecule has 0 radical (unpaired) electrons. The van der Waals surface area contributed by atoms with Crippen molar-refractivity contribution in [3.63, 3.8) is 0 Å². The summed E-state index contributed by atoms with van der Waals surface area (Å²) in [6.07, 6.45) is 1.54. The van der Waals surface area contributed by atoms with Gasteiger partial charge in [0.15, 0.2) is 0 Å². The molecule has 2 rings (SSSR count). The highest BCUT2D eigenvalue weighted by atomic mass is 79.9. The number of aromatic nitrogens is 1. The lowest BCUT2D eigenvalue weighted by atomic mass is 10.1. The fraction of sp³-hybridized carbons (Fsp3) is 0.375. The molecule has 1 aromatic heterocycles. The van der Waals surface area contributed by atoms with Crippen molar-refractivity contribution in [2.24, 2.45) is 0 Å². The van der Waals surface area contributed by atoms with E-state index in [0.717, 1.165) is 4.47 Å². The maximum absolute atomic E-state index is 12.6. The van der Waals surface area contributed by atoms with Crippen LogP contribution in [0.1, 0.15) is 0 Å². The lowest BCUT2D eigenvalue weighted by Crippen LogP contribution is -2.56. The van der Waals surface area contributed by atoms with Crippen molar-refractivity contribution in [1.82, 2.24) is 4.98 Å². The second kappa shape index (κ2) is 3.31. The van der Waals surface area contributed by atoms with Crippen LogP contribution in [0.3, 0.4) is 0 Å². The van der Waals surface area contributed by atoms with Crippen LogP contribution in [0, 0.1) is 0 Å². The van der Waals surface area contributed by atoms with Gasteiger partial charge in [-0.05, 0) is 22.0 Å². The number of pyridine rings is 1. The average molecular weight is 284 g/mol. The maximum Gasteiger partial charge on any atom is 0.282 e. The molecule has 2 nitrogen and oxygen atoms in total. The van der Waals surface area contributed by atoms with E-state index in [1.807, 2.05) is 0 Å². The highest BCUT2D eigenvalue weighted by Gasteiger charge is 2.45. The summed E-state index contributed by atoms with van der Waals surface area (Å²) < 4.78 is 25.9. The third-order valence-corrected chi connectivity index (χ3v) is 2.64. The monoisotopic (exact) mass is 282 g/mol. The van der Waals surface area contributed by atoms with Crippen molar-refractivity contribution in [3.05, 3.63) is 21.8 Å². The fourth-order valence-corrected chi connectivity index (χ4v) is 2.05. The van der Waals surface area contributed by atoms with Gasteiger partial charge in [0.25, 0.3) is 5.92 Å². The van der Waals surface area contributed by atoms with E-state index in [0.29, 0.717) is 10.8 Å². The van der Waals surface area contributed by atoms with Gasteiger partial charge < -0.3 is 4.90 Å². The number of alkyl halides is 2. The summed E-state index contributed by atoms with van der Waals surface area (Å²) >= 11 is 9.05. The molecule has 0 atom stereocenters. The van der Waals surface area contributed by atoms with Crippen LogP contribution < -0.4 is 4.90 Å². The van der Waals surface area contributed by atoms with E-state index in [-0.39, 0.29) is 13.1 Å². The zero-order chi connectivity index (χ0) is 10.3. The van der Waals surface area contributed by atoms with Crippen LogP contribution in [-0.2, 0) is 0 Å². The molecule has 0 saturated carbocycles. The van der Waals surface area contributed by atoms with Crippen LogP contribution in [0.5, 0.6) is 0 Å². The van der Waals surface area contributed by atoms with Crippen LogP contribution in [0.4, 0.5) is 14.6 Å². The van der Waals surface area contributed by atoms with Gasteiger partial charge in [-0.1, -0.05) is 11.6 Å². The number of hydrogen-bond donors (Lipinski definition) is 0. The minimum Gasteiger partial charge on any atom is -0.343 e. The third-order valence-electron chi connectivity index (χ3n) is 1.93. The van der Waals surface area contributed by atoms with Gasteiger partial charge in [0.2, 0.25) is 0 Å². The minimum atomic E-state index is -2.60. The molecule has 1 saturated heterocycles. The first-order valence-corrected chi connectivity index (χ1v) is 5.09. The third kappa shape index (κ3) is 1.83. The lowest BCUT2D eigenvalue weighted by Gasteiger charge is -2.39. The molecule has 1 fully saturated rings. The molecule has 0 aliphatic carbocycles. The number of halogens is 4. The molecule has 14 heavy (non-hydrogen) atoms. The molecule has 0 amide bonds. The van der Waals surface area contributed by atoms with E-state index in [4.69, 9.17) is 11.6 Å². The number of nitrogens with zero attached hydrogens (tertiary/aromatic N) is 2. The Bertz CT molecular complexity index is 364. The molecule has 2 heterocycles. The van der Waals surface area contributed by atoms with E-state index in [2.05, 4.69) is 20.9 Å².